The minimum atomic E-state index is -0.687. The van der Waals surface area contributed by atoms with Crippen molar-refractivity contribution in [2.45, 2.75) is 88.1 Å². The summed E-state index contributed by atoms with van der Waals surface area (Å²) in [5.41, 5.74) is 0. The van der Waals surface area contributed by atoms with Gasteiger partial charge in [-0.25, -0.2) is 0 Å². The maximum absolute atomic E-state index is 10.5. The van der Waals surface area contributed by atoms with E-state index >= 15 is 0 Å². The number of hydrogen-bond donors (Lipinski definition) is 1. The molecule has 1 N–H and O–H groups in total. The maximum atomic E-state index is 10.5. The van der Waals surface area contributed by atoms with Gasteiger partial charge in [-0.2, -0.15) is 11.8 Å². The van der Waals surface area contributed by atoms with Gasteiger partial charge in [-0.3, -0.25) is 4.79 Å². The van der Waals surface area contributed by atoms with Crippen molar-refractivity contribution in [2.75, 3.05) is 13.2 Å². The molecule has 2 aliphatic heterocycles. The summed E-state index contributed by atoms with van der Waals surface area (Å²) in [5, 5.41) is 10.4. The van der Waals surface area contributed by atoms with Gasteiger partial charge in [0, 0.05) is 30.1 Å². The highest BCUT2D eigenvalue weighted by Gasteiger charge is 2.46. The summed E-state index contributed by atoms with van der Waals surface area (Å²) in [7, 11) is 0. The number of carboxylic acid groups (broad SMARTS) is 1. The predicted octanol–water partition coefficient (Wildman–Crippen LogP) is 5.68. The average Bonchev–Trinajstić information content (AvgIpc) is 3.19. The van der Waals surface area contributed by atoms with Crippen molar-refractivity contribution in [3.63, 3.8) is 0 Å². The van der Waals surface area contributed by atoms with Gasteiger partial charge in [0.05, 0.1) is 0 Å². The van der Waals surface area contributed by atoms with Crippen LogP contribution < -0.4 is 0 Å². The van der Waals surface area contributed by atoms with Gasteiger partial charge in [-0.1, -0.05) is 38.3 Å². The molecule has 2 aliphatic rings. The summed E-state index contributed by atoms with van der Waals surface area (Å²) in [6.07, 6.45) is 16.7. The first kappa shape index (κ1) is 20.8. The molecule has 0 unspecified atom stereocenters. The third-order valence-electron chi connectivity index (χ3n) is 5.66. The normalized spacial score (nSPS) is 28.2. The molecule has 0 spiro atoms. The van der Waals surface area contributed by atoms with Gasteiger partial charge in [0.25, 0.3) is 0 Å². The lowest BCUT2D eigenvalue weighted by molar-refractivity contribution is -0.137. The Morgan fingerprint density at radius 2 is 1.88 bits per heavy atom. The van der Waals surface area contributed by atoms with Crippen LogP contribution in [0.15, 0.2) is 12.2 Å². The van der Waals surface area contributed by atoms with E-state index in [2.05, 4.69) is 30.8 Å². The Labute approximate surface area is 158 Å². The summed E-state index contributed by atoms with van der Waals surface area (Å²) >= 11 is 2.23. The second-order valence-corrected chi connectivity index (χ2v) is 9.06. The van der Waals surface area contributed by atoms with E-state index < -0.39 is 5.97 Å². The Balaban J connectivity index is 1.63. The number of carbonyl (C=O) groups is 1. The van der Waals surface area contributed by atoms with Gasteiger partial charge >= 0.3 is 5.97 Å². The Morgan fingerprint density at radius 1 is 1.08 bits per heavy atom. The van der Waals surface area contributed by atoms with Gasteiger partial charge in [-0.15, -0.1) is 0 Å². The van der Waals surface area contributed by atoms with Crippen molar-refractivity contribution < 1.29 is 14.6 Å². The fourth-order valence-electron chi connectivity index (χ4n) is 4.29. The monoisotopic (exact) mass is 368 g/mol. The summed E-state index contributed by atoms with van der Waals surface area (Å²) < 4.78 is 5.90. The summed E-state index contributed by atoms with van der Waals surface area (Å²) in [6.45, 7) is 4.11. The van der Waals surface area contributed by atoms with Crippen molar-refractivity contribution in [3.8, 4) is 0 Å². The molecule has 0 radical (unpaired) electrons. The molecule has 144 valence electrons. The van der Waals surface area contributed by atoms with Crippen molar-refractivity contribution >= 4 is 17.7 Å². The highest BCUT2D eigenvalue weighted by atomic mass is 32.2. The molecule has 2 heterocycles. The van der Waals surface area contributed by atoms with Gasteiger partial charge in [0.15, 0.2) is 0 Å². The molecule has 2 bridgehead atoms. The number of fused-ring (bicyclic) bond motifs is 2. The molecule has 3 nitrogen and oxygen atoms in total. The van der Waals surface area contributed by atoms with Crippen LogP contribution in [-0.4, -0.2) is 34.8 Å². The molecule has 0 aromatic rings. The fourth-order valence-corrected chi connectivity index (χ4v) is 6.34. The molecule has 4 heteroatoms. The zero-order valence-corrected chi connectivity index (χ0v) is 16.6. The van der Waals surface area contributed by atoms with E-state index in [-0.39, 0.29) is 6.42 Å². The number of unbranched alkanes of at least 4 members (excludes halogenated alkanes) is 4. The lowest BCUT2D eigenvalue weighted by Gasteiger charge is -2.29. The molecule has 2 fully saturated rings. The Bertz CT molecular complexity index is 410. The van der Waals surface area contributed by atoms with Crippen molar-refractivity contribution in [1.29, 1.82) is 0 Å². The number of hydrogen-bond acceptors (Lipinski definition) is 3. The van der Waals surface area contributed by atoms with E-state index in [1.165, 1.54) is 51.4 Å². The zero-order chi connectivity index (χ0) is 17.9. The van der Waals surface area contributed by atoms with Gasteiger partial charge in [0.1, 0.15) is 0 Å². The molecule has 0 amide bonds. The SMILES string of the molecule is CCCCCCOCC[C@H]1[C@@H](C/C=C\CCCC(=O)O)[C@H]2CC[C@@H]1S2. The molecule has 0 aromatic carbocycles. The smallest absolute Gasteiger partial charge is 0.303 e. The lowest BCUT2D eigenvalue weighted by Crippen LogP contribution is -2.28. The first-order valence-electron chi connectivity index (χ1n) is 10.3. The standard InChI is InChI=1S/C21H36O3S/c1-2-3-4-9-15-24-16-14-18-17(19-12-13-20(18)25-19)10-7-5-6-8-11-21(22)23/h5,7,17-20H,2-4,6,8-16H2,1H3,(H,22,23)/b7-5-/t17-,18+,19-,20+/m1/s1. The average molecular weight is 369 g/mol. The van der Waals surface area contributed by atoms with Crippen molar-refractivity contribution in [1.82, 2.24) is 0 Å². The third-order valence-corrected chi connectivity index (χ3v) is 7.53. The highest BCUT2D eigenvalue weighted by molar-refractivity contribution is 8.01. The van der Waals surface area contributed by atoms with E-state index in [1.807, 2.05) is 0 Å². The number of thioether (sulfide) groups is 1. The van der Waals surface area contributed by atoms with Crippen LogP contribution in [0.3, 0.4) is 0 Å². The molecule has 4 atom stereocenters. The fraction of sp³-hybridized carbons (Fsp3) is 0.857. The number of aliphatic carboxylic acids is 1. The molecule has 0 aliphatic carbocycles. The Kier molecular flexibility index (Phi) is 10.0. The van der Waals surface area contributed by atoms with E-state index in [1.54, 1.807) is 0 Å². The molecule has 25 heavy (non-hydrogen) atoms. The van der Waals surface area contributed by atoms with Crippen LogP contribution in [0, 0.1) is 11.8 Å². The van der Waals surface area contributed by atoms with Gasteiger partial charge in [0.2, 0.25) is 0 Å². The summed E-state index contributed by atoms with van der Waals surface area (Å²) in [5.74, 6) is 0.943. The number of ether oxygens (including phenoxy) is 1. The molecular weight excluding hydrogens is 332 g/mol. The number of rotatable bonds is 14. The topological polar surface area (TPSA) is 46.5 Å². The molecule has 2 saturated heterocycles. The molecule has 0 saturated carbocycles. The van der Waals surface area contributed by atoms with E-state index in [9.17, 15) is 4.79 Å². The van der Waals surface area contributed by atoms with Crippen molar-refractivity contribution in [3.05, 3.63) is 12.2 Å². The molecule has 2 rings (SSSR count). The second kappa shape index (κ2) is 12.0. The molecule has 0 aromatic heterocycles. The zero-order valence-electron chi connectivity index (χ0n) is 15.8. The Hall–Kier alpha value is -0.480. The van der Waals surface area contributed by atoms with E-state index in [4.69, 9.17) is 9.84 Å². The third kappa shape index (κ3) is 7.34. The largest absolute Gasteiger partial charge is 0.481 e. The van der Waals surface area contributed by atoms with E-state index in [0.29, 0.717) is 0 Å². The predicted molar refractivity (Wildman–Crippen MR) is 106 cm³/mol. The van der Waals surface area contributed by atoms with Gasteiger partial charge < -0.3 is 9.84 Å². The maximum Gasteiger partial charge on any atom is 0.303 e. The lowest BCUT2D eigenvalue weighted by atomic mass is 9.76. The molecular formula is C21H36O3S. The van der Waals surface area contributed by atoms with Gasteiger partial charge in [-0.05, 0) is 56.8 Å². The summed E-state index contributed by atoms with van der Waals surface area (Å²) in [6, 6.07) is 0. The highest BCUT2D eigenvalue weighted by Crippen LogP contribution is 2.55. The van der Waals surface area contributed by atoms with Crippen LogP contribution in [-0.2, 0) is 9.53 Å². The minimum Gasteiger partial charge on any atom is -0.481 e. The Morgan fingerprint density at radius 3 is 2.64 bits per heavy atom. The van der Waals surface area contributed by atoms with E-state index in [0.717, 1.165) is 48.4 Å². The van der Waals surface area contributed by atoms with Crippen LogP contribution in [0.1, 0.15) is 77.6 Å². The van der Waals surface area contributed by atoms with Crippen LogP contribution in [0.2, 0.25) is 0 Å². The van der Waals surface area contributed by atoms with Crippen LogP contribution in [0.5, 0.6) is 0 Å². The van der Waals surface area contributed by atoms with Crippen LogP contribution in [0.25, 0.3) is 0 Å². The summed E-state index contributed by atoms with van der Waals surface area (Å²) in [4.78, 5) is 10.5. The second-order valence-electron chi connectivity index (χ2n) is 7.57. The number of carboxylic acids is 1. The minimum absolute atomic E-state index is 0.284. The quantitative estimate of drug-likeness (QED) is 0.316. The van der Waals surface area contributed by atoms with Crippen molar-refractivity contribution in [2.24, 2.45) is 11.8 Å². The number of allylic oxidation sites excluding steroid dienone is 2. The first-order chi connectivity index (χ1) is 12.2. The first-order valence-corrected chi connectivity index (χ1v) is 11.3. The van der Waals surface area contributed by atoms with Crippen LogP contribution >= 0.6 is 11.8 Å². The van der Waals surface area contributed by atoms with Crippen LogP contribution in [0.4, 0.5) is 0 Å².